The van der Waals surface area contributed by atoms with Crippen LogP contribution in [0.5, 0.6) is 0 Å². The van der Waals surface area contributed by atoms with Gasteiger partial charge < -0.3 is 9.80 Å². The highest BCUT2D eigenvalue weighted by atomic mass is 16.2. The Morgan fingerprint density at radius 2 is 1.00 bits per heavy atom. The third-order valence-corrected chi connectivity index (χ3v) is 6.25. The van der Waals surface area contributed by atoms with Crippen LogP contribution < -0.4 is 0 Å². The Morgan fingerprint density at radius 3 is 1.38 bits per heavy atom. The van der Waals surface area contributed by atoms with Gasteiger partial charge in [-0.1, -0.05) is 36.4 Å². The SMILES string of the molecule is O=C1c2ccccc2CN1C1CCC(N2Cc3ccccc3C2=O)CC1. The number of hydrogen-bond donors (Lipinski definition) is 0. The molecule has 0 N–H and O–H groups in total. The van der Waals surface area contributed by atoms with E-state index in [4.69, 9.17) is 0 Å². The molecule has 0 atom stereocenters. The fourth-order valence-corrected chi connectivity index (χ4v) is 4.83. The first kappa shape index (κ1) is 15.6. The van der Waals surface area contributed by atoms with Crippen LogP contribution in [0.1, 0.15) is 57.5 Å². The predicted molar refractivity (Wildman–Crippen MR) is 98.7 cm³/mol. The van der Waals surface area contributed by atoms with E-state index in [2.05, 4.69) is 12.1 Å². The Labute approximate surface area is 153 Å². The minimum Gasteiger partial charge on any atom is -0.331 e. The average molecular weight is 346 g/mol. The lowest BCUT2D eigenvalue weighted by Crippen LogP contribution is -2.44. The highest BCUT2D eigenvalue weighted by molar-refractivity contribution is 5.99. The van der Waals surface area contributed by atoms with Crippen molar-refractivity contribution >= 4 is 11.8 Å². The molecule has 1 saturated carbocycles. The molecule has 132 valence electrons. The average Bonchev–Trinajstić information content (AvgIpc) is 3.20. The minimum absolute atomic E-state index is 0.175. The Hall–Kier alpha value is -2.62. The normalized spacial score (nSPS) is 24.8. The molecule has 2 heterocycles. The lowest BCUT2D eigenvalue weighted by Gasteiger charge is -2.38. The van der Waals surface area contributed by atoms with Crippen LogP contribution >= 0.6 is 0 Å². The quantitative estimate of drug-likeness (QED) is 0.833. The van der Waals surface area contributed by atoms with Gasteiger partial charge in [0.15, 0.2) is 0 Å². The van der Waals surface area contributed by atoms with E-state index in [0.717, 1.165) is 61.0 Å². The number of rotatable bonds is 2. The molecule has 0 spiro atoms. The largest absolute Gasteiger partial charge is 0.331 e. The lowest BCUT2D eigenvalue weighted by atomic mass is 9.89. The van der Waals surface area contributed by atoms with E-state index in [1.165, 1.54) is 0 Å². The van der Waals surface area contributed by atoms with Crippen molar-refractivity contribution < 1.29 is 9.59 Å². The highest BCUT2D eigenvalue weighted by Gasteiger charge is 2.38. The van der Waals surface area contributed by atoms with Gasteiger partial charge in [0.2, 0.25) is 0 Å². The van der Waals surface area contributed by atoms with Gasteiger partial charge in [0, 0.05) is 36.3 Å². The predicted octanol–water partition coefficient (Wildman–Crippen LogP) is 3.61. The van der Waals surface area contributed by atoms with E-state index in [9.17, 15) is 9.59 Å². The third kappa shape index (κ3) is 2.36. The van der Waals surface area contributed by atoms with Gasteiger partial charge >= 0.3 is 0 Å². The number of benzene rings is 2. The molecule has 3 aliphatic rings. The Bertz CT molecular complexity index is 810. The zero-order valence-electron chi connectivity index (χ0n) is 14.7. The molecular weight excluding hydrogens is 324 g/mol. The van der Waals surface area contributed by atoms with E-state index < -0.39 is 0 Å². The molecule has 2 amide bonds. The number of nitrogens with zero attached hydrogens (tertiary/aromatic N) is 2. The second-order valence-electron chi connectivity index (χ2n) is 7.64. The van der Waals surface area contributed by atoms with Gasteiger partial charge in [-0.15, -0.1) is 0 Å². The van der Waals surface area contributed by atoms with E-state index >= 15 is 0 Å². The van der Waals surface area contributed by atoms with Crippen molar-refractivity contribution in [2.24, 2.45) is 0 Å². The van der Waals surface area contributed by atoms with Crippen molar-refractivity contribution in [3.63, 3.8) is 0 Å². The summed E-state index contributed by atoms with van der Waals surface area (Å²) in [6.45, 7) is 1.47. The molecule has 0 aromatic heterocycles. The summed E-state index contributed by atoms with van der Waals surface area (Å²) in [6, 6.07) is 16.5. The summed E-state index contributed by atoms with van der Waals surface area (Å²) < 4.78 is 0. The molecule has 4 heteroatoms. The Balaban J connectivity index is 1.26. The van der Waals surface area contributed by atoms with Crippen LogP contribution in [-0.4, -0.2) is 33.7 Å². The minimum atomic E-state index is 0.175. The summed E-state index contributed by atoms with van der Waals surface area (Å²) in [7, 11) is 0. The Kier molecular flexibility index (Phi) is 3.59. The van der Waals surface area contributed by atoms with Crippen molar-refractivity contribution in [1.29, 1.82) is 0 Å². The van der Waals surface area contributed by atoms with Crippen molar-refractivity contribution in [3.8, 4) is 0 Å². The van der Waals surface area contributed by atoms with Gasteiger partial charge in [-0.05, 0) is 48.9 Å². The summed E-state index contributed by atoms with van der Waals surface area (Å²) in [5.41, 5.74) is 4.01. The van der Waals surface area contributed by atoms with Crippen LogP contribution in [-0.2, 0) is 13.1 Å². The van der Waals surface area contributed by atoms with Gasteiger partial charge in [0.05, 0.1) is 0 Å². The molecule has 0 bridgehead atoms. The molecular formula is C22H22N2O2. The summed E-state index contributed by atoms with van der Waals surface area (Å²) in [6.07, 6.45) is 3.91. The number of fused-ring (bicyclic) bond motifs is 2. The molecule has 2 aromatic rings. The third-order valence-electron chi connectivity index (χ3n) is 6.25. The number of carbonyl (C=O) groups excluding carboxylic acids is 2. The Morgan fingerprint density at radius 1 is 0.615 bits per heavy atom. The summed E-state index contributed by atoms with van der Waals surface area (Å²) in [4.78, 5) is 29.5. The molecule has 4 nitrogen and oxygen atoms in total. The molecule has 0 radical (unpaired) electrons. The molecule has 26 heavy (non-hydrogen) atoms. The van der Waals surface area contributed by atoms with Crippen molar-refractivity contribution in [1.82, 2.24) is 9.80 Å². The van der Waals surface area contributed by atoms with E-state index in [0.29, 0.717) is 12.1 Å². The number of carbonyl (C=O) groups is 2. The van der Waals surface area contributed by atoms with Gasteiger partial charge in [0.1, 0.15) is 0 Å². The highest BCUT2D eigenvalue weighted by Crippen LogP contribution is 2.35. The van der Waals surface area contributed by atoms with Crippen LogP contribution in [0.15, 0.2) is 48.5 Å². The van der Waals surface area contributed by atoms with Crippen molar-refractivity contribution in [2.75, 3.05) is 0 Å². The topological polar surface area (TPSA) is 40.6 Å². The van der Waals surface area contributed by atoms with E-state index in [1.807, 2.05) is 46.2 Å². The molecule has 0 unspecified atom stereocenters. The number of hydrogen-bond acceptors (Lipinski definition) is 2. The van der Waals surface area contributed by atoms with E-state index in [1.54, 1.807) is 0 Å². The second kappa shape index (κ2) is 5.97. The molecule has 1 fully saturated rings. The second-order valence-corrected chi connectivity index (χ2v) is 7.64. The maximum Gasteiger partial charge on any atom is 0.254 e. The fourth-order valence-electron chi connectivity index (χ4n) is 4.83. The van der Waals surface area contributed by atoms with Crippen LogP contribution in [0, 0.1) is 0 Å². The van der Waals surface area contributed by atoms with Crippen molar-refractivity contribution in [2.45, 2.75) is 50.9 Å². The monoisotopic (exact) mass is 346 g/mol. The summed E-state index contributed by atoms with van der Waals surface area (Å²) in [5, 5.41) is 0. The zero-order chi connectivity index (χ0) is 17.7. The summed E-state index contributed by atoms with van der Waals surface area (Å²) in [5.74, 6) is 0.349. The maximum absolute atomic E-state index is 12.7. The molecule has 2 aliphatic heterocycles. The van der Waals surface area contributed by atoms with E-state index in [-0.39, 0.29) is 11.8 Å². The lowest BCUT2D eigenvalue weighted by molar-refractivity contribution is 0.0511. The van der Waals surface area contributed by atoms with Crippen LogP contribution in [0.25, 0.3) is 0 Å². The molecule has 0 saturated heterocycles. The van der Waals surface area contributed by atoms with Gasteiger partial charge in [-0.2, -0.15) is 0 Å². The first-order chi connectivity index (χ1) is 12.7. The first-order valence-electron chi connectivity index (χ1n) is 9.50. The summed E-state index contributed by atoms with van der Waals surface area (Å²) >= 11 is 0. The van der Waals surface area contributed by atoms with Crippen molar-refractivity contribution in [3.05, 3.63) is 70.8 Å². The fraction of sp³-hybridized carbons (Fsp3) is 0.364. The first-order valence-corrected chi connectivity index (χ1v) is 9.50. The molecule has 1 aliphatic carbocycles. The van der Waals surface area contributed by atoms with Crippen LogP contribution in [0.4, 0.5) is 0 Å². The van der Waals surface area contributed by atoms with Crippen LogP contribution in [0.2, 0.25) is 0 Å². The van der Waals surface area contributed by atoms with Gasteiger partial charge in [-0.25, -0.2) is 0 Å². The number of amides is 2. The maximum atomic E-state index is 12.7. The molecule has 2 aromatic carbocycles. The van der Waals surface area contributed by atoms with Gasteiger partial charge in [0.25, 0.3) is 11.8 Å². The standard InChI is InChI=1S/C22H22N2O2/c25-21-19-7-3-1-5-15(19)13-23(21)17-9-11-18(12-10-17)24-14-16-6-2-4-8-20(16)22(24)26/h1-8,17-18H,9-14H2. The zero-order valence-corrected chi connectivity index (χ0v) is 14.7. The smallest absolute Gasteiger partial charge is 0.254 e. The molecule has 5 rings (SSSR count). The van der Waals surface area contributed by atoms with Crippen LogP contribution in [0.3, 0.4) is 0 Å². The van der Waals surface area contributed by atoms with Gasteiger partial charge in [-0.3, -0.25) is 9.59 Å².